The van der Waals surface area contributed by atoms with Crippen molar-refractivity contribution in [3.63, 3.8) is 0 Å². The molecule has 0 aliphatic rings. The molecule has 1 aromatic carbocycles. The van der Waals surface area contributed by atoms with E-state index in [1.165, 1.54) is 16.2 Å². The van der Waals surface area contributed by atoms with Crippen molar-refractivity contribution >= 4 is 29.3 Å². The molecule has 1 unspecified atom stereocenters. The number of rotatable bonds is 7. The maximum atomic E-state index is 5.91. The molecule has 0 bridgehead atoms. The summed E-state index contributed by atoms with van der Waals surface area (Å²) in [7, 11) is 3.79. The number of halogens is 1. The van der Waals surface area contributed by atoms with Gasteiger partial charge in [0.2, 0.25) is 0 Å². The van der Waals surface area contributed by atoms with E-state index in [0.29, 0.717) is 0 Å². The van der Waals surface area contributed by atoms with Gasteiger partial charge in [-0.3, -0.25) is 9.67 Å². The average molecular weight is 394 g/mol. The predicted molar refractivity (Wildman–Crippen MR) is 113 cm³/mol. The van der Waals surface area contributed by atoms with Crippen LogP contribution in [0.2, 0.25) is 5.02 Å². The van der Waals surface area contributed by atoms with E-state index in [-0.39, 0.29) is 6.04 Å². The number of aliphatic imine (C=N–C) groups is 1. The van der Waals surface area contributed by atoms with Gasteiger partial charge in [0.1, 0.15) is 0 Å². The summed E-state index contributed by atoms with van der Waals surface area (Å²) in [5.41, 5.74) is 3.63. The monoisotopic (exact) mass is 393 g/mol. The molecular weight excluding hydrogens is 366 g/mol. The van der Waals surface area contributed by atoms with Crippen LogP contribution >= 0.6 is 23.4 Å². The molecule has 2 N–H and O–H groups in total. The fraction of sp³-hybridized carbons (Fsp3) is 0.474. The van der Waals surface area contributed by atoms with E-state index in [4.69, 9.17) is 11.6 Å². The van der Waals surface area contributed by atoms with Crippen molar-refractivity contribution in [2.24, 2.45) is 12.0 Å². The molecule has 0 aliphatic heterocycles. The molecule has 0 saturated heterocycles. The molecule has 0 radical (unpaired) electrons. The Balaban J connectivity index is 1.77. The van der Waals surface area contributed by atoms with Crippen molar-refractivity contribution in [2.75, 3.05) is 19.3 Å². The standard InChI is InChI=1S/C19H28ClN5S/c1-13(12-18-14(2)24-25(5)15(18)3)23-19(21-4)22-10-11-26-17-8-6-16(20)7-9-17/h6-9,13H,10-12H2,1-5H3,(H2,21,22,23). The average Bonchev–Trinajstić information content (AvgIpc) is 2.85. The zero-order valence-electron chi connectivity index (χ0n) is 16.1. The highest BCUT2D eigenvalue weighted by Gasteiger charge is 2.13. The highest BCUT2D eigenvalue weighted by molar-refractivity contribution is 7.99. The molecule has 0 amide bonds. The van der Waals surface area contributed by atoms with Crippen LogP contribution in [0.3, 0.4) is 0 Å². The molecule has 2 aromatic rings. The Morgan fingerprint density at radius 2 is 2.00 bits per heavy atom. The summed E-state index contributed by atoms with van der Waals surface area (Å²) >= 11 is 7.70. The Morgan fingerprint density at radius 3 is 2.58 bits per heavy atom. The molecule has 0 spiro atoms. The van der Waals surface area contributed by atoms with Crippen LogP contribution in [0.15, 0.2) is 34.2 Å². The highest BCUT2D eigenvalue weighted by atomic mass is 35.5. The number of aryl methyl sites for hydroxylation is 2. The van der Waals surface area contributed by atoms with Gasteiger partial charge in [0.15, 0.2) is 5.96 Å². The van der Waals surface area contributed by atoms with Crippen LogP contribution in [0, 0.1) is 13.8 Å². The number of hydrogen-bond acceptors (Lipinski definition) is 3. The number of benzene rings is 1. The minimum absolute atomic E-state index is 0.270. The first-order chi connectivity index (χ1) is 12.4. The topological polar surface area (TPSA) is 54.2 Å². The van der Waals surface area contributed by atoms with Gasteiger partial charge in [-0.15, -0.1) is 11.8 Å². The summed E-state index contributed by atoms with van der Waals surface area (Å²) in [4.78, 5) is 5.54. The minimum atomic E-state index is 0.270. The number of nitrogens with one attached hydrogen (secondary N) is 2. The number of aromatic nitrogens is 2. The van der Waals surface area contributed by atoms with Crippen molar-refractivity contribution in [1.29, 1.82) is 0 Å². The van der Waals surface area contributed by atoms with E-state index in [0.717, 1.165) is 35.4 Å². The Kier molecular flexibility index (Phi) is 7.85. The molecular formula is C19H28ClN5S. The quantitative estimate of drug-likeness (QED) is 0.327. The van der Waals surface area contributed by atoms with E-state index < -0.39 is 0 Å². The van der Waals surface area contributed by atoms with E-state index in [1.807, 2.05) is 36.0 Å². The highest BCUT2D eigenvalue weighted by Crippen LogP contribution is 2.19. The van der Waals surface area contributed by atoms with Crippen LogP contribution in [0.25, 0.3) is 0 Å². The van der Waals surface area contributed by atoms with Crippen molar-refractivity contribution < 1.29 is 0 Å². The van der Waals surface area contributed by atoms with Gasteiger partial charge >= 0.3 is 0 Å². The second-order valence-corrected chi connectivity index (χ2v) is 7.93. The van der Waals surface area contributed by atoms with Crippen molar-refractivity contribution in [1.82, 2.24) is 20.4 Å². The van der Waals surface area contributed by atoms with Crippen LogP contribution in [0.4, 0.5) is 0 Å². The zero-order valence-corrected chi connectivity index (χ0v) is 17.7. The number of nitrogens with zero attached hydrogens (tertiary/aromatic N) is 3. The van der Waals surface area contributed by atoms with Gasteiger partial charge in [-0.05, 0) is 57.0 Å². The second kappa shape index (κ2) is 9.88. The molecule has 5 nitrogen and oxygen atoms in total. The number of thioether (sulfide) groups is 1. The third kappa shape index (κ3) is 5.95. The first-order valence-corrected chi connectivity index (χ1v) is 10.1. The van der Waals surface area contributed by atoms with Gasteiger partial charge in [-0.25, -0.2) is 0 Å². The van der Waals surface area contributed by atoms with E-state index in [2.05, 4.69) is 41.5 Å². The molecule has 2 rings (SSSR count). The summed E-state index contributed by atoms with van der Waals surface area (Å²) in [5, 5.41) is 12.1. The lowest BCUT2D eigenvalue weighted by Crippen LogP contribution is -2.43. The Bertz CT molecular complexity index is 739. The van der Waals surface area contributed by atoms with Gasteiger partial charge in [-0.1, -0.05) is 11.6 Å². The Hall–Kier alpha value is -1.66. The first kappa shape index (κ1) is 20.6. The summed E-state index contributed by atoms with van der Waals surface area (Å²) in [6.45, 7) is 7.19. The Morgan fingerprint density at radius 1 is 1.31 bits per heavy atom. The van der Waals surface area contributed by atoms with Crippen molar-refractivity contribution in [2.45, 2.75) is 38.1 Å². The van der Waals surface area contributed by atoms with Crippen molar-refractivity contribution in [3.8, 4) is 0 Å². The lowest BCUT2D eigenvalue weighted by atomic mass is 10.1. The predicted octanol–water partition coefficient (Wildman–Crippen LogP) is 3.58. The van der Waals surface area contributed by atoms with Crippen molar-refractivity contribution in [3.05, 3.63) is 46.2 Å². The van der Waals surface area contributed by atoms with Gasteiger partial charge in [0, 0.05) is 48.0 Å². The SMILES string of the molecule is CN=C(NCCSc1ccc(Cl)cc1)NC(C)Cc1c(C)nn(C)c1C. The molecule has 26 heavy (non-hydrogen) atoms. The summed E-state index contributed by atoms with van der Waals surface area (Å²) in [6.07, 6.45) is 0.922. The van der Waals surface area contributed by atoms with Gasteiger partial charge in [0.05, 0.1) is 5.69 Å². The van der Waals surface area contributed by atoms with Crippen LogP contribution in [-0.4, -0.2) is 41.1 Å². The first-order valence-electron chi connectivity index (χ1n) is 8.75. The minimum Gasteiger partial charge on any atom is -0.356 e. The molecule has 1 aromatic heterocycles. The Labute approximate surface area is 165 Å². The van der Waals surface area contributed by atoms with Gasteiger partial charge < -0.3 is 10.6 Å². The number of guanidine groups is 1. The lowest BCUT2D eigenvalue weighted by Gasteiger charge is -2.18. The van der Waals surface area contributed by atoms with Crippen LogP contribution in [0.1, 0.15) is 23.9 Å². The summed E-state index contributed by atoms with van der Waals surface area (Å²) < 4.78 is 1.94. The van der Waals surface area contributed by atoms with E-state index >= 15 is 0 Å². The molecule has 0 saturated carbocycles. The maximum Gasteiger partial charge on any atom is 0.191 e. The lowest BCUT2D eigenvalue weighted by molar-refractivity contribution is 0.638. The fourth-order valence-electron chi connectivity index (χ4n) is 2.77. The molecule has 142 valence electrons. The zero-order chi connectivity index (χ0) is 19.1. The molecule has 7 heteroatoms. The van der Waals surface area contributed by atoms with Gasteiger partial charge in [-0.2, -0.15) is 5.10 Å². The summed E-state index contributed by atoms with van der Waals surface area (Å²) in [6, 6.07) is 8.19. The van der Waals surface area contributed by atoms with Gasteiger partial charge in [0.25, 0.3) is 0 Å². The van der Waals surface area contributed by atoms with E-state index in [9.17, 15) is 0 Å². The van der Waals surface area contributed by atoms with Crippen LogP contribution in [0.5, 0.6) is 0 Å². The largest absolute Gasteiger partial charge is 0.356 e. The third-order valence-corrected chi connectivity index (χ3v) is 5.52. The van der Waals surface area contributed by atoms with E-state index in [1.54, 1.807) is 18.8 Å². The van der Waals surface area contributed by atoms with Crippen LogP contribution < -0.4 is 10.6 Å². The number of hydrogen-bond donors (Lipinski definition) is 2. The summed E-state index contributed by atoms with van der Waals surface area (Å²) in [5.74, 6) is 1.78. The molecule has 1 atom stereocenters. The third-order valence-electron chi connectivity index (χ3n) is 4.25. The maximum absolute atomic E-state index is 5.91. The normalized spacial score (nSPS) is 12.9. The fourth-order valence-corrected chi connectivity index (χ4v) is 3.66. The smallest absolute Gasteiger partial charge is 0.191 e. The van der Waals surface area contributed by atoms with Crippen LogP contribution in [-0.2, 0) is 13.5 Å². The molecule has 0 fully saturated rings. The second-order valence-electron chi connectivity index (χ2n) is 6.32. The molecule has 0 aliphatic carbocycles. The molecule has 1 heterocycles.